The van der Waals surface area contributed by atoms with Gasteiger partial charge in [0.15, 0.2) is 5.82 Å². The van der Waals surface area contributed by atoms with Crippen LogP contribution in [-0.2, 0) is 6.42 Å². The molecule has 1 aromatic heterocycles. The standard InChI is InChI=1S/C18H18BrN5/c1-3-13-5-8-14(9-6-13)22-18-23-17(11-20-24-18)21-15-7-4-12(2)16(19)10-15/h4-11H,3H2,1-2H3,(H2,21,22,23,24). The summed E-state index contributed by atoms with van der Waals surface area (Å²) in [6, 6.07) is 14.2. The molecule has 2 aromatic carbocycles. The Kier molecular flexibility index (Phi) is 5.05. The van der Waals surface area contributed by atoms with E-state index in [1.807, 2.05) is 37.3 Å². The van der Waals surface area contributed by atoms with Gasteiger partial charge in [-0.3, -0.25) is 0 Å². The molecule has 24 heavy (non-hydrogen) atoms. The molecule has 122 valence electrons. The first-order valence-electron chi connectivity index (χ1n) is 7.73. The molecular formula is C18H18BrN5. The molecule has 0 aliphatic rings. The van der Waals surface area contributed by atoms with Crippen LogP contribution in [-0.4, -0.2) is 15.2 Å². The number of halogens is 1. The molecular weight excluding hydrogens is 366 g/mol. The van der Waals surface area contributed by atoms with Crippen LogP contribution < -0.4 is 10.6 Å². The van der Waals surface area contributed by atoms with E-state index in [0.717, 1.165) is 22.3 Å². The first-order chi connectivity index (χ1) is 11.6. The van der Waals surface area contributed by atoms with Crippen LogP contribution >= 0.6 is 15.9 Å². The van der Waals surface area contributed by atoms with Gasteiger partial charge in [0.05, 0.1) is 6.20 Å². The highest BCUT2D eigenvalue weighted by molar-refractivity contribution is 9.10. The molecule has 0 radical (unpaired) electrons. The monoisotopic (exact) mass is 383 g/mol. The number of hydrogen-bond donors (Lipinski definition) is 2. The highest BCUT2D eigenvalue weighted by Gasteiger charge is 2.03. The first-order valence-corrected chi connectivity index (χ1v) is 8.52. The van der Waals surface area contributed by atoms with Crippen molar-refractivity contribution in [3.63, 3.8) is 0 Å². The minimum Gasteiger partial charge on any atom is -0.339 e. The third-order valence-electron chi connectivity index (χ3n) is 3.62. The molecule has 0 aliphatic heterocycles. The molecule has 3 rings (SSSR count). The van der Waals surface area contributed by atoms with Crippen molar-refractivity contribution in [2.75, 3.05) is 10.6 Å². The number of benzene rings is 2. The Morgan fingerprint density at radius 1 is 1.00 bits per heavy atom. The summed E-state index contributed by atoms with van der Waals surface area (Å²) in [7, 11) is 0. The Labute approximate surface area is 149 Å². The summed E-state index contributed by atoms with van der Waals surface area (Å²) in [6.45, 7) is 4.18. The largest absolute Gasteiger partial charge is 0.339 e. The zero-order chi connectivity index (χ0) is 16.9. The lowest BCUT2D eigenvalue weighted by Crippen LogP contribution is -2.02. The molecule has 0 saturated heterocycles. The van der Waals surface area contributed by atoms with Crippen molar-refractivity contribution in [1.29, 1.82) is 0 Å². The Bertz CT molecular complexity index is 833. The van der Waals surface area contributed by atoms with Gasteiger partial charge in [-0.15, -0.1) is 5.10 Å². The number of rotatable bonds is 5. The van der Waals surface area contributed by atoms with Crippen molar-refractivity contribution in [2.45, 2.75) is 20.3 Å². The number of nitrogens with zero attached hydrogens (tertiary/aromatic N) is 3. The Morgan fingerprint density at radius 2 is 1.75 bits per heavy atom. The van der Waals surface area contributed by atoms with E-state index in [2.05, 4.69) is 60.8 Å². The Balaban J connectivity index is 1.74. The molecule has 0 fully saturated rings. The van der Waals surface area contributed by atoms with E-state index in [1.54, 1.807) is 6.20 Å². The number of aryl methyl sites for hydroxylation is 2. The Hall–Kier alpha value is -2.47. The van der Waals surface area contributed by atoms with Crippen LogP contribution in [0, 0.1) is 6.92 Å². The number of aromatic nitrogens is 3. The summed E-state index contributed by atoms with van der Waals surface area (Å²) in [5, 5.41) is 14.4. The average Bonchev–Trinajstić information content (AvgIpc) is 2.59. The van der Waals surface area contributed by atoms with E-state index in [9.17, 15) is 0 Å². The van der Waals surface area contributed by atoms with Crippen molar-refractivity contribution in [2.24, 2.45) is 0 Å². The lowest BCUT2D eigenvalue weighted by atomic mass is 10.1. The second kappa shape index (κ2) is 7.40. The normalized spacial score (nSPS) is 10.5. The maximum absolute atomic E-state index is 4.45. The summed E-state index contributed by atoms with van der Waals surface area (Å²) in [5.74, 6) is 1.09. The molecule has 0 unspecified atom stereocenters. The van der Waals surface area contributed by atoms with Gasteiger partial charge in [0.1, 0.15) is 0 Å². The molecule has 0 amide bonds. The minimum absolute atomic E-state index is 0.454. The fourth-order valence-corrected chi connectivity index (χ4v) is 2.57. The highest BCUT2D eigenvalue weighted by atomic mass is 79.9. The zero-order valence-electron chi connectivity index (χ0n) is 13.5. The molecule has 0 atom stereocenters. The topological polar surface area (TPSA) is 62.7 Å². The van der Waals surface area contributed by atoms with E-state index in [0.29, 0.717) is 11.8 Å². The molecule has 0 aliphatic carbocycles. The summed E-state index contributed by atoms with van der Waals surface area (Å²) in [5.41, 5.74) is 4.34. The van der Waals surface area contributed by atoms with Crippen molar-refractivity contribution in [3.05, 3.63) is 64.3 Å². The third kappa shape index (κ3) is 4.08. The van der Waals surface area contributed by atoms with Crippen molar-refractivity contribution in [1.82, 2.24) is 15.2 Å². The van der Waals surface area contributed by atoms with E-state index in [1.165, 1.54) is 11.1 Å². The van der Waals surface area contributed by atoms with Crippen LogP contribution in [0.4, 0.5) is 23.1 Å². The number of nitrogens with one attached hydrogen (secondary N) is 2. The predicted molar refractivity (Wildman–Crippen MR) is 101 cm³/mol. The average molecular weight is 384 g/mol. The van der Waals surface area contributed by atoms with Gasteiger partial charge < -0.3 is 10.6 Å². The third-order valence-corrected chi connectivity index (χ3v) is 4.48. The van der Waals surface area contributed by atoms with Crippen LogP contribution in [0.5, 0.6) is 0 Å². The fraction of sp³-hybridized carbons (Fsp3) is 0.167. The van der Waals surface area contributed by atoms with Crippen LogP contribution in [0.3, 0.4) is 0 Å². The Morgan fingerprint density at radius 3 is 2.46 bits per heavy atom. The molecule has 5 nitrogen and oxygen atoms in total. The molecule has 6 heteroatoms. The van der Waals surface area contributed by atoms with Crippen molar-refractivity contribution >= 4 is 39.1 Å². The van der Waals surface area contributed by atoms with Crippen molar-refractivity contribution < 1.29 is 0 Å². The first kappa shape index (κ1) is 16.4. The summed E-state index contributed by atoms with van der Waals surface area (Å²) in [6.07, 6.45) is 2.61. The lowest BCUT2D eigenvalue weighted by molar-refractivity contribution is 0.982. The summed E-state index contributed by atoms with van der Waals surface area (Å²) >= 11 is 3.53. The number of anilines is 4. The second-order valence-electron chi connectivity index (χ2n) is 5.43. The molecule has 2 N–H and O–H groups in total. The van der Waals surface area contributed by atoms with Crippen LogP contribution in [0.2, 0.25) is 0 Å². The molecule has 1 heterocycles. The van der Waals surface area contributed by atoms with Gasteiger partial charge in [-0.25, -0.2) is 0 Å². The van der Waals surface area contributed by atoms with E-state index in [4.69, 9.17) is 0 Å². The minimum atomic E-state index is 0.454. The van der Waals surface area contributed by atoms with E-state index >= 15 is 0 Å². The molecule has 0 saturated carbocycles. The SMILES string of the molecule is CCc1ccc(Nc2nncc(Nc3ccc(C)c(Br)c3)n2)cc1. The summed E-state index contributed by atoms with van der Waals surface area (Å²) in [4.78, 5) is 4.45. The molecule has 0 bridgehead atoms. The zero-order valence-corrected chi connectivity index (χ0v) is 15.1. The second-order valence-corrected chi connectivity index (χ2v) is 6.28. The van der Waals surface area contributed by atoms with Gasteiger partial charge in [0.2, 0.25) is 5.95 Å². The number of hydrogen-bond acceptors (Lipinski definition) is 5. The van der Waals surface area contributed by atoms with Gasteiger partial charge in [-0.1, -0.05) is 41.1 Å². The van der Waals surface area contributed by atoms with Gasteiger partial charge in [0, 0.05) is 15.8 Å². The van der Waals surface area contributed by atoms with E-state index in [-0.39, 0.29) is 0 Å². The molecule has 0 spiro atoms. The van der Waals surface area contributed by atoms with Gasteiger partial charge >= 0.3 is 0 Å². The van der Waals surface area contributed by atoms with Crippen molar-refractivity contribution in [3.8, 4) is 0 Å². The van der Waals surface area contributed by atoms with Crippen LogP contribution in [0.1, 0.15) is 18.1 Å². The molecule has 3 aromatic rings. The summed E-state index contributed by atoms with van der Waals surface area (Å²) < 4.78 is 1.05. The quantitative estimate of drug-likeness (QED) is 0.649. The van der Waals surface area contributed by atoms with Gasteiger partial charge in [0.25, 0.3) is 0 Å². The predicted octanol–water partition coefficient (Wildman–Crippen LogP) is 4.99. The van der Waals surface area contributed by atoms with E-state index < -0.39 is 0 Å². The maximum Gasteiger partial charge on any atom is 0.249 e. The highest BCUT2D eigenvalue weighted by Crippen LogP contribution is 2.23. The van der Waals surface area contributed by atoms with Gasteiger partial charge in [-0.05, 0) is 48.7 Å². The lowest BCUT2D eigenvalue weighted by Gasteiger charge is -2.09. The van der Waals surface area contributed by atoms with Crippen LogP contribution in [0.15, 0.2) is 53.1 Å². The fourth-order valence-electron chi connectivity index (χ4n) is 2.19. The maximum atomic E-state index is 4.45. The van der Waals surface area contributed by atoms with Gasteiger partial charge in [-0.2, -0.15) is 10.1 Å². The van der Waals surface area contributed by atoms with Crippen LogP contribution in [0.25, 0.3) is 0 Å². The smallest absolute Gasteiger partial charge is 0.249 e.